The average Bonchev–Trinajstić information content (AvgIpc) is 2.21. The molecule has 0 N–H and O–H groups in total. The van der Waals surface area contributed by atoms with Gasteiger partial charge < -0.3 is 9.31 Å². The van der Waals surface area contributed by atoms with Crippen molar-refractivity contribution in [3.05, 3.63) is 11.5 Å². The van der Waals surface area contributed by atoms with Gasteiger partial charge in [-0.1, -0.05) is 19.9 Å². The van der Waals surface area contributed by atoms with E-state index in [2.05, 4.69) is 47.6 Å². The summed E-state index contributed by atoms with van der Waals surface area (Å²) in [5.41, 5.74) is 0.760. The first-order chi connectivity index (χ1) is 6.71. The highest BCUT2D eigenvalue weighted by molar-refractivity contribution is 6.54. The third-order valence-corrected chi connectivity index (χ3v) is 3.53. The molecule has 0 bridgehead atoms. The largest absolute Gasteiger partial charge is 0.490 e. The molecule has 0 amide bonds. The van der Waals surface area contributed by atoms with E-state index in [0.717, 1.165) is 0 Å². The normalized spacial score (nSPS) is 25.1. The van der Waals surface area contributed by atoms with Crippen LogP contribution in [0.2, 0.25) is 0 Å². The molecule has 0 aromatic carbocycles. The third kappa shape index (κ3) is 2.29. The van der Waals surface area contributed by atoms with Crippen molar-refractivity contribution in [3.8, 4) is 0 Å². The standard InChI is InChI=1S/C12H23BO2/c1-8-10(9(2)3)13-14-11(4,5)12(6,7)15-13/h8-9H,1-7H3/b10-8-. The summed E-state index contributed by atoms with van der Waals surface area (Å²) >= 11 is 0. The van der Waals surface area contributed by atoms with Crippen molar-refractivity contribution in [1.29, 1.82) is 0 Å². The predicted octanol–water partition coefficient (Wildman–Crippen LogP) is 3.22. The summed E-state index contributed by atoms with van der Waals surface area (Å²) in [5.74, 6) is 0.463. The van der Waals surface area contributed by atoms with Gasteiger partial charge in [0, 0.05) is 0 Å². The summed E-state index contributed by atoms with van der Waals surface area (Å²) in [7, 11) is -0.181. The predicted molar refractivity (Wildman–Crippen MR) is 64.7 cm³/mol. The lowest BCUT2D eigenvalue weighted by Gasteiger charge is -2.32. The highest BCUT2D eigenvalue weighted by Crippen LogP contribution is 2.39. The van der Waals surface area contributed by atoms with Crippen molar-refractivity contribution in [2.75, 3.05) is 0 Å². The van der Waals surface area contributed by atoms with Crippen molar-refractivity contribution in [2.45, 2.75) is 59.7 Å². The molecule has 1 aliphatic heterocycles. The molecule has 86 valence electrons. The Morgan fingerprint density at radius 3 is 1.73 bits per heavy atom. The van der Waals surface area contributed by atoms with E-state index in [1.54, 1.807) is 0 Å². The minimum atomic E-state index is -0.235. The monoisotopic (exact) mass is 210 g/mol. The van der Waals surface area contributed by atoms with E-state index in [9.17, 15) is 0 Å². The van der Waals surface area contributed by atoms with Gasteiger partial charge in [-0.2, -0.15) is 0 Å². The zero-order chi connectivity index (χ0) is 11.9. The summed E-state index contributed by atoms with van der Waals surface area (Å²) in [4.78, 5) is 0. The third-order valence-electron chi connectivity index (χ3n) is 3.53. The van der Waals surface area contributed by atoms with Crippen molar-refractivity contribution in [3.63, 3.8) is 0 Å². The second-order valence-corrected chi connectivity index (χ2v) is 5.53. The summed E-state index contributed by atoms with van der Waals surface area (Å²) in [6.45, 7) is 14.7. The lowest BCUT2D eigenvalue weighted by atomic mass is 9.72. The topological polar surface area (TPSA) is 18.5 Å². The van der Waals surface area contributed by atoms with E-state index in [0.29, 0.717) is 5.92 Å². The molecule has 2 nitrogen and oxygen atoms in total. The van der Waals surface area contributed by atoms with Gasteiger partial charge in [-0.25, -0.2) is 0 Å². The van der Waals surface area contributed by atoms with Crippen LogP contribution in [-0.4, -0.2) is 18.3 Å². The number of hydrogen-bond acceptors (Lipinski definition) is 2. The average molecular weight is 210 g/mol. The Balaban J connectivity index is 2.87. The molecule has 1 heterocycles. The fourth-order valence-corrected chi connectivity index (χ4v) is 1.72. The van der Waals surface area contributed by atoms with Gasteiger partial charge in [-0.05, 0) is 46.0 Å². The first kappa shape index (κ1) is 12.8. The van der Waals surface area contributed by atoms with E-state index in [1.807, 2.05) is 6.92 Å². The number of hydrogen-bond donors (Lipinski definition) is 0. The van der Waals surface area contributed by atoms with E-state index in [-0.39, 0.29) is 18.3 Å². The maximum atomic E-state index is 5.99. The molecular formula is C12H23BO2. The zero-order valence-corrected chi connectivity index (χ0v) is 11.0. The highest BCUT2D eigenvalue weighted by Gasteiger charge is 2.52. The van der Waals surface area contributed by atoms with Gasteiger partial charge in [0.2, 0.25) is 0 Å². The van der Waals surface area contributed by atoms with Gasteiger partial charge in [-0.3, -0.25) is 0 Å². The van der Waals surface area contributed by atoms with Crippen LogP contribution in [0.3, 0.4) is 0 Å². The molecule has 1 fully saturated rings. The summed E-state index contributed by atoms with van der Waals surface area (Å²) in [5, 5.41) is 0. The fraction of sp³-hybridized carbons (Fsp3) is 0.833. The fourth-order valence-electron chi connectivity index (χ4n) is 1.72. The van der Waals surface area contributed by atoms with E-state index < -0.39 is 0 Å². The van der Waals surface area contributed by atoms with Crippen molar-refractivity contribution in [2.24, 2.45) is 5.92 Å². The maximum absolute atomic E-state index is 5.99. The molecule has 15 heavy (non-hydrogen) atoms. The molecule has 0 atom stereocenters. The minimum Gasteiger partial charge on any atom is -0.400 e. The second kappa shape index (κ2) is 3.95. The van der Waals surface area contributed by atoms with Crippen LogP contribution in [0.1, 0.15) is 48.5 Å². The lowest BCUT2D eigenvalue weighted by Crippen LogP contribution is -2.41. The van der Waals surface area contributed by atoms with Gasteiger partial charge in [0.1, 0.15) is 0 Å². The van der Waals surface area contributed by atoms with Gasteiger partial charge in [0.15, 0.2) is 0 Å². The molecule has 1 aliphatic rings. The Kier molecular flexibility index (Phi) is 3.37. The smallest absolute Gasteiger partial charge is 0.400 e. The summed E-state index contributed by atoms with van der Waals surface area (Å²) < 4.78 is 12.0. The van der Waals surface area contributed by atoms with Gasteiger partial charge in [0.05, 0.1) is 11.2 Å². The zero-order valence-electron chi connectivity index (χ0n) is 11.0. The number of allylic oxidation sites excluding steroid dienone is 2. The van der Waals surface area contributed by atoms with Crippen molar-refractivity contribution >= 4 is 7.12 Å². The highest BCUT2D eigenvalue weighted by atomic mass is 16.7. The van der Waals surface area contributed by atoms with Crippen LogP contribution in [0.4, 0.5) is 0 Å². The first-order valence-electron chi connectivity index (χ1n) is 5.73. The summed E-state index contributed by atoms with van der Waals surface area (Å²) in [6.07, 6.45) is 2.10. The minimum absolute atomic E-state index is 0.181. The van der Waals surface area contributed by atoms with Crippen LogP contribution in [0.25, 0.3) is 0 Å². The molecule has 0 radical (unpaired) electrons. The molecule has 0 unspecified atom stereocenters. The number of rotatable bonds is 2. The van der Waals surface area contributed by atoms with Gasteiger partial charge >= 0.3 is 7.12 Å². The summed E-state index contributed by atoms with van der Waals surface area (Å²) in [6, 6.07) is 0. The van der Waals surface area contributed by atoms with E-state index in [1.165, 1.54) is 5.47 Å². The van der Waals surface area contributed by atoms with Crippen LogP contribution < -0.4 is 0 Å². The maximum Gasteiger partial charge on any atom is 0.490 e. The Morgan fingerprint density at radius 2 is 1.47 bits per heavy atom. The van der Waals surface area contributed by atoms with E-state index >= 15 is 0 Å². The quantitative estimate of drug-likeness (QED) is 0.651. The molecular weight excluding hydrogens is 187 g/mol. The lowest BCUT2D eigenvalue weighted by molar-refractivity contribution is 0.00578. The Bertz CT molecular complexity index is 251. The van der Waals surface area contributed by atoms with Crippen LogP contribution in [0, 0.1) is 5.92 Å². The Morgan fingerprint density at radius 1 is 1.07 bits per heavy atom. The van der Waals surface area contributed by atoms with Crippen LogP contribution in [0.15, 0.2) is 11.5 Å². The SMILES string of the molecule is C/C=C(\B1OC(C)(C)C(C)(C)O1)C(C)C. The molecule has 3 heteroatoms. The van der Waals surface area contributed by atoms with Crippen molar-refractivity contribution < 1.29 is 9.31 Å². The van der Waals surface area contributed by atoms with Crippen LogP contribution >= 0.6 is 0 Å². The molecule has 0 aromatic heterocycles. The van der Waals surface area contributed by atoms with Gasteiger partial charge in [0.25, 0.3) is 0 Å². The van der Waals surface area contributed by atoms with Crippen LogP contribution in [0.5, 0.6) is 0 Å². The Hall–Kier alpha value is -0.275. The van der Waals surface area contributed by atoms with Crippen LogP contribution in [-0.2, 0) is 9.31 Å². The molecule has 0 spiro atoms. The Labute approximate surface area is 94.2 Å². The van der Waals surface area contributed by atoms with E-state index in [4.69, 9.17) is 9.31 Å². The van der Waals surface area contributed by atoms with Crippen molar-refractivity contribution in [1.82, 2.24) is 0 Å². The molecule has 1 rings (SSSR count). The second-order valence-electron chi connectivity index (χ2n) is 5.53. The first-order valence-corrected chi connectivity index (χ1v) is 5.73. The van der Waals surface area contributed by atoms with Gasteiger partial charge in [-0.15, -0.1) is 0 Å². The molecule has 0 aromatic rings. The molecule has 0 aliphatic carbocycles. The molecule has 0 saturated carbocycles. The molecule has 1 saturated heterocycles.